The number of alkyl halides is 6. The van der Waals surface area contributed by atoms with Crippen molar-refractivity contribution in [2.24, 2.45) is 0 Å². The third kappa shape index (κ3) is 27.0. The van der Waals surface area contributed by atoms with E-state index in [1.807, 2.05) is 0 Å². The third-order valence-corrected chi connectivity index (χ3v) is 10.8. The summed E-state index contributed by atoms with van der Waals surface area (Å²) in [5.74, 6) is -12.8. The van der Waals surface area contributed by atoms with Crippen LogP contribution < -0.4 is 42.5 Å². The first-order valence-electron chi connectivity index (χ1n) is 22.8. The van der Waals surface area contributed by atoms with Crippen LogP contribution >= 0.6 is 69.6 Å². The van der Waals surface area contributed by atoms with Crippen LogP contribution in [0.5, 0.6) is 0 Å². The van der Waals surface area contributed by atoms with E-state index in [-0.39, 0.29) is 51.6 Å². The van der Waals surface area contributed by atoms with Gasteiger partial charge in [0.25, 0.3) is 23.6 Å². The van der Waals surface area contributed by atoms with Gasteiger partial charge in [-0.3, -0.25) is 67.3 Å². The van der Waals surface area contributed by atoms with Gasteiger partial charge < -0.3 is 62.2 Å². The van der Waals surface area contributed by atoms with Crippen LogP contribution in [0.25, 0.3) is 0 Å². The van der Waals surface area contributed by atoms with Gasteiger partial charge in [-0.15, -0.1) is 0 Å². The Bertz CT molecular complexity index is 2060. The number of hydrogen-bond donors (Lipinski definition) is 10. The number of nitrogens with zero attached hydrogens (tertiary/aromatic N) is 2. The Morgan fingerprint density at radius 3 is 1.09 bits per heavy atom. The molecule has 2 heterocycles. The highest BCUT2D eigenvalue weighted by atomic mass is 35.6. The molecule has 0 aromatic carbocycles. The Balaban J connectivity index is 2.59. The number of unbranched alkanes of at least 4 members (excludes halogenated alkanes) is 2. The largest absolute Gasteiger partial charge is 0.481 e. The number of carbonyl (C=O) groups excluding carboxylic acids is 12. The van der Waals surface area contributed by atoms with Crippen molar-refractivity contribution in [1.29, 1.82) is 0 Å². The molecule has 76 heavy (non-hydrogen) atoms. The lowest BCUT2D eigenvalue weighted by Crippen LogP contribution is -2.66. The van der Waals surface area contributed by atoms with E-state index in [0.717, 1.165) is 24.3 Å². The maximum Gasteiger partial charge on any atom is 0.407 e. The van der Waals surface area contributed by atoms with Crippen molar-refractivity contribution in [3.63, 3.8) is 0 Å². The molecule has 10 N–H and O–H groups in total. The predicted octanol–water partition coefficient (Wildman–Crippen LogP) is -0.729. The lowest BCUT2D eigenvalue weighted by atomic mass is 10.0. The molecule has 28 nitrogen and oxygen atoms in total. The van der Waals surface area contributed by atoms with Crippen LogP contribution in [0.1, 0.15) is 64.2 Å². The molecular formula is C42H54Cl6N10O18. The molecule has 0 radical (unpaired) electrons. The molecule has 0 fully saturated rings. The van der Waals surface area contributed by atoms with Gasteiger partial charge in [-0.2, -0.15) is 0 Å². The maximum absolute atomic E-state index is 14.6. The van der Waals surface area contributed by atoms with Crippen LogP contribution in [-0.2, 0) is 67.0 Å². The number of imide groups is 2. The van der Waals surface area contributed by atoms with Gasteiger partial charge in [-0.25, -0.2) is 9.59 Å². The van der Waals surface area contributed by atoms with Crippen LogP contribution in [0.2, 0.25) is 0 Å². The quantitative estimate of drug-likeness (QED) is 0.0220. The highest BCUT2D eigenvalue weighted by Crippen LogP contribution is 2.26. The highest BCUT2D eigenvalue weighted by Gasteiger charge is 2.40. The summed E-state index contributed by atoms with van der Waals surface area (Å²) in [7, 11) is 0. The van der Waals surface area contributed by atoms with Crippen molar-refractivity contribution in [3.8, 4) is 0 Å². The minimum Gasteiger partial charge on any atom is -0.481 e. The molecule has 0 saturated heterocycles. The van der Waals surface area contributed by atoms with Crippen LogP contribution in [0.3, 0.4) is 0 Å². The average Bonchev–Trinajstić information content (AvgIpc) is 3.83. The van der Waals surface area contributed by atoms with E-state index in [1.165, 1.54) is 0 Å². The van der Waals surface area contributed by atoms with Crippen LogP contribution in [0, 0.1) is 0 Å². The zero-order valence-corrected chi connectivity index (χ0v) is 44.5. The molecular weight excluding hydrogens is 1150 g/mol. The first-order chi connectivity index (χ1) is 35.6. The normalized spacial score (nSPS) is 14.7. The van der Waals surface area contributed by atoms with E-state index in [2.05, 4.69) is 42.5 Å². The monoisotopic (exact) mass is 1200 g/mol. The Kier molecular flexibility index (Phi) is 28.7. The van der Waals surface area contributed by atoms with Gasteiger partial charge >= 0.3 is 24.1 Å². The fourth-order valence-electron chi connectivity index (χ4n) is 6.44. The second-order valence-corrected chi connectivity index (χ2v) is 21.2. The number of carboxylic acid groups (broad SMARTS) is 2. The predicted molar refractivity (Wildman–Crippen MR) is 266 cm³/mol. The Hall–Kier alpha value is -6.20. The van der Waals surface area contributed by atoms with Crippen molar-refractivity contribution < 1.29 is 86.8 Å². The number of hydrogen-bond acceptors (Lipinski definition) is 16. The lowest BCUT2D eigenvalue weighted by molar-refractivity contribution is -0.141. The van der Waals surface area contributed by atoms with Crippen molar-refractivity contribution in [1.82, 2.24) is 52.3 Å². The second kappa shape index (κ2) is 33.1. The maximum atomic E-state index is 14.6. The number of carboxylic acids is 2. The van der Waals surface area contributed by atoms with Crippen LogP contribution in [0.4, 0.5) is 9.59 Å². The Morgan fingerprint density at radius 1 is 0.461 bits per heavy atom. The summed E-state index contributed by atoms with van der Waals surface area (Å²) in [6, 6.07) is -7.83. The third-order valence-electron chi connectivity index (χ3n) is 10.1. The number of ether oxygens (including phenoxy) is 2. The standard InChI is InChI=1S/C42H54Cl6N10O18/c43-41(44,45)21-75-39(73)51-15-3-1-5-23(35(69)49-17-11-31(65)66)53-37(71)33(55-25(59)13-19-57-27(61)7-8-28(57)62)34(56-26(60)14-20-58-29(63)9-10-30(58)64)38(72)54-24(36(70)50-18-12-32(67)68)6-2-4-16-52-40(74)76-22-42(46,47)48/h7-10,23-24,33-34H,1-6,11-22H2,(H,49,69)(H,50,70)(H,51,73)(H,52,74)(H,53,71)(H,54,72)(H,55,59)(H,56,60)(H,65,66)(H,67,68)/t23-,24-,33?,34?/m0/s1. The van der Waals surface area contributed by atoms with Gasteiger partial charge in [0.15, 0.2) is 0 Å². The summed E-state index contributed by atoms with van der Waals surface area (Å²) >= 11 is 33.5. The first kappa shape index (κ1) is 65.9. The molecule has 0 saturated carbocycles. The van der Waals surface area contributed by atoms with Gasteiger partial charge in [0, 0.05) is 76.4 Å². The molecule has 2 aliphatic heterocycles. The summed E-state index contributed by atoms with van der Waals surface area (Å²) in [6.45, 7) is -3.45. The minimum absolute atomic E-state index is 0.0127. The average molecular weight is 1200 g/mol. The minimum atomic E-state index is -2.29. The zero-order valence-electron chi connectivity index (χ0n) is 39.9. The van der Waals surface area contributed by atoms with Crippen LogP contribution in [0.15, 0.2) is 24.3 Å². The van der Waals surface area contributed by atoms with Crippen molar-refractivity contribution in [3.05, 3.63) is 24.3 Å². The van der Waals surface area contributed by atoms with Gasteiger partial charge in [-0.05, 0) is 38.5 Å². The van der Waals surface area contributed by atoms with E-state index in [0.29, 0.717) is 9.80 Å². The smallest absolute Gasteiger partial charge is 0.407 e. The van der Waals surface area contributed by atoms with E-state index < -0.39 is 180 Å². The number of amides is 12. The highest BCUT2D eigenvalue weighted by molar-refractivity contribution is 6.68. The van der Waals surface area contributed by atoms with Gasteiger partial charge in [0.05, 0.1) is 12.8 Å². The Morgan fingerprint density at radius 2 is 0.789 bits per heavy atom. The number of alkyl carbamates (subject to hydrolysis) is 2. The fourth-order valence-corrected chi connectivity index (χ4v) is 6.77. The van der Waals surface area contributed by atoms with Crippen molar-refractivity contribution in [2.45, 2.75) is 96.0 Å². The molecule has 2 aliphatic rings. The molecule has 0 bridgehead atoms. The van der Waals surface area contributed by atoms with E-state index in [9.17, 15) is 77.3 Å². The summed E-state index contributed by atoms with van der Waals surface area (Å²) in [5, 5.41) is 37.0. The van der Waals surface area contributed by atoms with Gasteiger partial charge in [-0.1, -0.05) is 69.6 Å². The van der Waals surface area contributed by atoms with Crippen molar-refractivity contribution >= 4 is 153 Å². The van der Waals surface area contributed by atoms with Crippen molar-refractivity contribution in [2.75, 3.05) is 52.5 Å². The summed E-state index contributed by atoms with van der Waals surface area (Å²) < 4.78 is 5.73. The fraction of sp³-hybridized carbons (Fsp3) is 0.571. The topological polar surface area (TPSA) is 401 Å². The lowest BCUT2D eigenvalue weighted by Gasteiger charge is -2.30. The number of rotatable bonds is 33. The number of nitrogens with one attached hydrogen (secondary N) is 8. The van der Waals surface area contributed by atoms with E-state index in [1.54, 1.807) is 0 Å². The van der Waals surface area contributed by atoms with Crippen LogP contribution in [-0.4, -0.2) is 187 Å². The summed E-state index contributed by atoms with van der Waals surface area (Å²) in [5.41, 5.74) is 0. The second-order valence-electron chi connectivity index (χ2n) is 16.1. The van der Waals surface area contributed by atoms with E-state index in [4.69, 9.17) is 79.1 Å². The molecule has 2 unspecified atom stereocenters. The van der Waals surface area contributed by atoms with Gasteiger partial charge in [0.2, 0.25) is 43.0 Å². The molecule has 34 heteroatoms. The molecule has 0 aromatic rings. The Labute approximate surface area is 462 Å². The number of halogens is 6. The molecule has 2 rings (SSSR count). The molecule has 4 atom stereocenters. The number of aliphatic carboxylic acids is 2. The SMILES string of the molecule is O=C(O)CCNC(=O)[C@H](CCCCNC(=O)OCC(Cl)(Cl)Cl)NC(=O)C(NC(=O)CCN1C(=O)C=CC1=O)C(NC(=O)CCN1C(=O)C=CC1=O)C(=O)N[C@@H](CCCCNC(=O)OCC(Cl)(Cl)Cl)C(=O)NCCC(=O)O. The molecule has 12 amide bonds. The van der Waals surface area contributed by atoms with E-state index >= 15 is 0 Å². The molecule has 0 aromatic heterocycles. The molecule has 0 spiro atoms. The number of carbonyl (C=O) groups is 14. The zero-order chi connectivity index (χ0) is 57.2. The summed E-state index contributed by atoms with van der Waals surface area (Å²) in [6.07, 6.45) is -1.22. The molecule has 0 aliphatic carbocycles. The summed E-state index contributed by atoms with van der Waals surface area (Å²) in [4.78, 5) is 181. The molecule has 422 valence electrons. The van der Waals surface area contributed by atoms with Gasteiger partial charge in [0.1, 0.15) is 37.4 Å². The first-order valence-corrected chi connectivity index (χ1v) is 25.0.